The van der Waals surface area contributed by atoms with Gasteiger partial charge in [0, 0.05) is 17.4 Å². The molecule has 0 aliphatic heterocycles. The zero-order chi connectivity index (χ0) is 15.6. The summed E-state index contributed by atoms with van der Waals surface area (Å²) in [6.07, 6.45) is 0.808. The number of hydrogen-bond acceptors (Lipinski definition) is 3. The Morgan fingerprint density at radius 2 is 1.57 bits per heavy atom. The number of rotatable bonds is 4. The highest BCUT2D eigenvalue weighted by Gasteiger charge is 2.17. The second-order valence-electron chi connectivity index (χ2n) is 5.42. The van der Waals surface area contributed by atoms with E-state index in [0.29, 0.717) is 6.54 Å². The number of imidazole rings is 1. The molecule has 4 heteroatoms. The average Bonchev–Trinajstić information content (AvgIpc) is 3.17. The molecule has 2 N–H and O–H groups in total. The summed E-state index contributed by atoms with van der Waals surface area (Å²) < 4.78 is 2.26. The predicted octanol–water partition coefficient (Wildman–Crippen LogP) is 4.23. The molecule has 0 spiro atoms. The first-order valence-corrected chi connectivity index (χ1v) is 8.56. The molecule has 4 rings (SSSR count). The van der Waals surface area contributed by atoms with Gasteiger partial charge >= 0.3 is 0 Å². The first-order valence-electron chi connectivity index (χ1n) is 7.68. The molecule has 0 amide bonds. The van der Waals surface area contributed by atoms with Gasteiger partial charge in [-0.15, -0.1) is 11.3 Å². The standard InChI is InChI=1S/C19H17N3S/c20-12-11-16-18(15-9-5-2-6-10-15)21-19-22(16)17(13-23-19)14-7-3-1-4-8-14/h1-10,13H,11-12,20H2. The largest absolute Gasteiger partial charge is 0.330 e. The predicted molar refractivity (Wildman–Crippen MR) is 96.7 cm³/mol. The summed E-state index contributed by atoms with van der Waals surface area (Å²) in [5, 5.41) is 2.17. The fourth-order valence-electron chi connectivity index (χ4n) is 2.92. The van der Waals surface area contributed by atoms with Gasteiger partial charge in [0.05, 0.1) is 17.1 Å². The Bertz CT molecular complexity index is 923. The first-order chi connectivity index (χ1) is 11.4. The van der Waals surface area contributed by atoms with Gasteiger partial charge in [-0.3, -0.25) is 4.40 Å². The van der Waals surface area contributed by atoms with Crippen LogP contribution in [0.4, 0.5) is 0 Å². The summed E-state index contributed by atoms with van der Waals surface area (Å²) in [6, 6.07) is 20.8. The van der Waals surface area contributed by atoms with Crippen LogP contribution in [0.2, 0.25) is 0 Å². The molecule has 0 unspecified atom stereocenters. The van der Waals surface area contributed by atoms with Crippen molar-refractivity contribution in [3.05, 3.63) is 71.7 Å². The van der Waals surface area contributed by atoms with Crippen LogP contribution >= 0.6 is 11.3 Å². The van der Waals surface area contributed by atoms with E-state index >= 15 is 0 Å². The molecule has 114 valence electrons. The van der Waals surface area contributed by atoms with Gasteiger partial charge in [0.2, 0.25) is 0 Å². The summed E-state index contributed by atoms with van der Waals surface area (Å²) in [4.78, 5) is 5.89. The van der Waals surface area contributed by atoms with Crippen LogP contribution in [0.3, 0.4) is 0 Å². The van der Waals surface area contributed by atoms with Crippen molar-refractivity contribution in [1.29, 1.82) is 0 Å². The number of benzene rings is 2. The van der Waals surface area contributed by atoms with E-state index in [1.165, 1.54) is 17.0 Å². The van der Waals surface area contributed by atoms with Crippen LogP contribution in [0.15, 0.2) is 66.0 Å². The molecule has 0 aliphatic rings. The van der Waals surface area contributed by atoms with Crippen LogP contribution in [0.5, 0.6) is 0 Å². The lowest BCUT2D eigenvalue weighted by Crippen LogP contribution is -2.06. The van der Waals surface area contributed by atoms with E-state index in [0.717, 1.165) is 22.6 Å². The molecule has 0 aliphatic carbocycles. The van der Waals surface area contributed by atoms with Gasteiger partial charge in [-0.05, 0) is 12.1 Å². The Morgan fingerprint density at radius 1 is 0.913 bits per heavy atom. The maximum absolute atomic E-state index is 5.88. The van der Waals surface area contributed by atoms with E-state index in [1.807, 2.05) is 24.3 Å². The van der Waals surface area contributed by atoms with Crippen molar-refractivity contribution in [2.75, 3.05) is 6.54 Å². The summed E-state index contributed by atoms with van der Waals surface area (Å²) in [6.45, 7) is 0.609. The Kier molecular flexibility index (Phi) is 3.69. The molecule has 0 atom stereocenters. The van der Waals surface area contributed by atoms with Crippen LogP contribution in [-0.4, -0.2) is 15.9 Å². The number of nitrogens with zero attached hydrogens (tertiary/aromatic N) is 2. The third-order valence-electron chi connectivity index (χ3n) is 3.96. The van der Waals surface area contributed by atoms with Crippen molar-refractivity contribution >= 4 is 16.3 Å². The zero-order valence-electron chi connectivity index (χ0n) is 12.6. The van der Waals surface area contributed by atoms with Crippen LogP contribution in [0.25, 0.3) is 27.5 Å². The second-order valence-corrected chi connectivity index (χ2v) is 6.25. The Labute approximate surface area is 139 Å². The van der Waals surface area contributed by atoms with E-state index in [1.54, 1.807) is 11.3 Å². The Balaban J connectivity index is 1.97. The third-order valence-corrected chi connectivity index (χ3v) is 4.78. The summed E-state index contributed by atoms with van der Waals surface area (Å²) in [5.41, 5.74) is 11.6. The fourth-order valence-corrected chi connectivity index (χ4v) is 3.84. The molecule has 4 aromatic rings. The quantitative estimate of drug-likeness (QED) is 0.611. The maximum Gasteiger partial charge on any atom is 0.194 e. The molecular formula is C19H17N3S. The topological polar surface area (TPSA) is 43.3 Å². The van der Waals surface area contributed by atoms with Gasteiger partial charge < -0.3 is 5.73 Å². The van der Waals surface area contributed by atoms with Crippen molar-refractivity contribution in [3.8, 4) is 22.5 Å². The van der Waals surface area contributed by atoms with Gasteiger partial charge in [0.15, 0.2) is 4.96 Å². The monoisotopic (exact) mass is 319 g/mol. The molecule has 0 saturated carbocycles. The minimum atomic E-state index is 0.609. The molecular weight excluding hydrogens is 302 g/mol. The number of fused-ring (bicyclic) bond motifs is 1. The Morgan fingerprint density at radius 3 is 2.22 bits per heavy atom. The minimum absolute atomic E-state index is 0.609. The van der Waals surface area contributed by atoms with Gasteiger partial charge in [0.25, 0.3) is 0 Å². The van der Waals surface area contributed by atoms with E-state index in [2.05, 4.69) is 46.2 Å². The van der Waals surface area contributed by atoms with Crippen LogP contribution < -0.4 is 5.73 Å². The normalized spacial score (nSPS) is 11.2. The van der Waals surface area contributed by atoms with E-state index in [-0.39, 0.29) is 0 Å². The fraction of sp³-hybridized carbons (Fsp3) is 0.105. The first kappa shape index (κ1) is 14.2. The second kappa shape index (κ2) is 5.99. The lowest BCUT2D eigenvalue weighted by molar-refractivity contribution is 0.914. The van der Waals surface area contributed by atoms with Crippen LogP contribution in [-0.2, 0) is 6.42 Å². The highest BCUT2D eigenvalue weighted by atomic mass is 32.1. The number of thiazole rings is 1. The zero-order valence-corrected chi connectivity index (χ0v) is 13.5. The van der Waals surface area contributed by atoms with Gasteiger partial charge in [0.1, 0.15) is 0 Å². The summed E-state index contributed by atoms with van der Waals surface area (Å²) in [7, 11) is 0. The van der Waals surface area contributed by atoms with Crippen LogP contribution in [0.1, 0.15) is 5.69 Å². The molecule has 0 radical (unpaired) electrons. The van der Waals surface area contributed by atoms with E-state index in [4.69, 9.17) is 10.7 Å². The molecule has 3 nitrogen and oxygen atoms in total. The SMILES string of the molecule is NCCc1c(-c2ccccc2)nc2scc(-c3ccccc3)n12. The maximum atomic E-state index is 5.88. The molecule has 2 heterocycles. The lowest BCUT2D eigenvalue weighted by atomic mass is 10.1. The van der Waals surface area contributed by atoms with Crippen molar-refractivity contribution in [3.63, 3.8) is 0 Å². The molecule has 0 fully saturated rings. The highest BCUT2D eigenvalue weighted by Crippen LogP contribution is 2.32. The number of hydrogen-bond donors (Lipinski definition) is 1. The van der Waals surface area contributed by atoms with Crippen molar-refractivity contribution in [2.24, 2.45) is 5.73 Å². The summed E-state index contributed by atoms with van der Waals surface area (Å²) >= 11 is 1.68. The number of aromatic nitrogens is 2. The third kappa shape index (κ3) is 2.46. The highest BCUT2D eigenvalue weighted by molar-refractivity contribution is 7.15. The van der Waals surface area contributed by atoms with Crippen LogP contribution in [0, 0.1) is 0 Å². The molecule has 2 aromatic carbocycles. The van der Waals surface area contributed by atoms with E-state index in [9.17, 15) is 0 Å². The average molecular weight is 319 g/mol. The summed E-state index contributed by atoms with van der Waals surface area (Å²) in [5.74, 6) is 0. The molecule has 2 aromatic heterocycles. The number of nitrogens with two attached hydrogens (primary N) is 1. The molecule has 0 saturated heterocycles. The molecule has 0 bridgehead atoms. The Hall–Kier alpha value is -2.43. The van der Waals surface area contributed by atoms with Gasteiger partial charge in [-0.25, -0.2) is 4.98 Å². The molecule has 23 heavy (non-hydrogen) atoms. The van der Waals surface area contributed by atoms with Crippen molar-refractivity contribution < 1.29 is 0 Å². The lowest BCUT2D eigenvalue weighted by Gasteiger charge is -2.06. The van der Waals surface area contributed by atoms with Gasteiger partial charge in [-0.2, -0.15) is 0 Å². The van der Waals surface area contributed by atoms with Gasteiger partial charge in [-0.1, -0.05) is 60.7 Å². The van der Waals surface area contributed by atoms with Crippen molar-refractivity contribution in [1.82, 2.24) is 9.38 Å². The minimum Gasteiger partial charge on any atom is -0.330 e. The van der Waals surface area contributed by atoms with Crippen molar-refractivity contribution in [2.45, 2.75) is 6.42 Å². The smallest absolute Gasteiger partial charge is 0.194 e. The van der Waals surface area contributed by atoms with E-state index < -0.39 is 0 Å².